The number of nitro benzene ring substituents is 1. The first kappa shape index (κ1) is 25.4. The van der Waals surface area contributed by atoms with Crippen LogP contribution in [0.25, 0.3) is 0 Å². The average Bonchev–Trinajstić information content (AvgIpc) is 2.87. The van der Waals surface area contributed by atoms with Gasteiger partial charge >= 0.3 is 11.9 Å². The van der Waals surface area contributed by atoms with Gasteiger partial charge in [0.15, 0.2) is 0 Å². The van der Waals surface area contributed by atoms with Crippen molar-refractivity contribution in [1.82, 2.24) is 0 Å². The molecule has 0 N–H and O–H groups in total. The quantitative estimate of drug-likeness (QED) is 0.0979. The molecule has 0 fully saturated rings. The van der Waals surface area contributed by atoms with Crippen LogP contribution in [0, 0.1) is 10.1 Å². The lowest BCUT2D eigenvalue weighted by Crippen LogP contribution is -2.10. The summed E-state index contributed by atoms with van der Waals surface area (Å²) in [6, 6.07) is 17.8. The molecule has 8 nitrogen and oxygen atoms in total. The third-order valence-electron chi connectivity index (χ3n) is 5.17. The van der Waals surface area contributed by atoms with E-state index in [1.807, 2.05) is 0 Å². The van der Waals surface area contributed by atoms with E-state index in [-0.39, 0.29) is 22.6 Å². The molecule has 35 heavy (non-hydrogen) atoms. The van der Waals surface area contributed by atoms with Crippen molar-refractivity contribution in [2.45, 2.75) is 39.0 Å². The van der Waals surface area contributed by atoms with E-state index >= 15 is 0 Å². The van der Waals surface area contributed by atoms with E-state index < -0.39 is 16.9 Å². The lowest BCUT2D eigenvalue weighted by Gasteiger charge is -2.08. The minimum Gasteiger partial charge on any atom is -0.494 e. The molecule has 0 aliphatic rings. The van der Waals surface area contributed by atoms with Crippen molar-refractivity contribution in [3.8, 4) is 17.2 Å². The lowest BCUT2D eigenvalue weighted by molar-refractivity contribution is -0.384. The number of hydrogen-bond donors (Lipinski definition) is 0. The molecule has 8 heteroatoms. The number of carbonyl (C=O) groups excluding carboxylic acids is 2. The fourth-order valence-electron chi connectivity index (χ4n) is 3.21. The average molecular weight is 478 g/mol. The summed E-state index contributed by atoms with van der Waals surface area (Å²) in [5.41, 5.74) is 0.333. The molecule has 3 aromatic rings. The van der Waals surface area contributed by atoms with Gasteiger partial charge in [-0.1, -0.05) is 32.6 Å². The second-order valence-corrected chi connectivity index (χ2v) is 7.84. The summed E-state index contributed by atoms with van der Waals surface area (Å²) < 4.78 is 16.4. The number of nitro groups is 1. The Hall–Kier alpha value is -4.20. The SMILES string of the molecule is CCCCCCCOc1ccc(OC(=O)c2ccc(OC(=O)c3ccc([N+](=O)[O-])cc3)cc2)cc1. The highest BCUT2D eigenvalue weighted by Crippen LogP contribution is 2.21. The van der Waals surface area contributed by atoms with Gasteiger partial charge in [0.05, 0.1) is 22.7 Å². The number of ether oxygens (including phenoxy) is 3. The minimum atomic E-state index is -0.668. The van der Waals surface area contributed by atoms with E-state index in [4.69, 9.17) is 14.2 Å². The van der Waals surface area contributed by atoms with Crippen molar-refractivity contribution in [1.29, 1.82) is 0 Å². The highest BCUT2D eigenvalue weighted by Gasteiger charge is 2.13. The Kier molecular flexibility index (Phi) is 9.36. The maximum absolute atomic E-state index is 12.4. The first-order valence-electron chi connectivity index (χ1n) is 11.5. The number of rotatable bonds is 12. The summed E-state index contributed by atoms with van der Waals surface area (Å²) in [4.78, 5) is 34.8. The Morgan fingerprint density at radius 2 is 1.14 bits per heavy atom. The van der Waals surface area contributed by atoms with Crippen LogP contribution in [0.2, 0.25) is 0 Å². The molecule has 182 valence electrons. The predicted octanol–water partition coefficient (Wildman–Crippen LogP) is 6.38. The van der Waals surface area contributed by atoms with Crippen LogP contribution in [-0.4, -0.2) is 23.5 Å². The van der Waals surface area contributed by atoms with Gasteiger partial charge in [-0.2, -0.15) is 0 Å². The van der Waals surface area contributed by atoms with Crippen molar-refractivity contribution in [2.24, 2.45) is 0 Å². The molecule has 3 rings (SSSR count). The number of non-ortho nitro benzene ring substituents is 1. The maximum Gasteiger partial charge on any atom is 0.343 e. The van der Waals surface area contributed by atoms with Crippen molar-refractivity contribution < 1.29 is 28.7 Å². The first-order valence-corrected chi connectivity index (χ1v) is 11.5. The zero-order valence-corrected chi connectivity index (χ0v) is 19.5. The third-order valence-corrected chi connectivity index (χ3v) is 5.17. The second-order valence-electron chi connectivity index (χ2n) is 7.84. The Morgan fingerprint density at radius 1 is 0.686 bits per heavy atom. The largest absolute Gasteiger partial charge is 0.494 e. The van der Waals surface area contributed by atoms with Gasteiger partial charge < -0.3 is 14.2 Å². The van der Waals surface area contributed by atoms with Crippen molar-refractivity contribution >= 4 is 17.6 Å². The lowest BCUT2D eigenvalue weighted by atomic mass is 10.2. The van der Waals surface area contributed by atoms with Gasteiger partial charge in [-0.3, -0.25) is 10.1 Å². The third kappa shape index (κ3) is 7.96. The van der Waals surface area contributed by atoms with Gasteiger partial charge in [-0.05, 0) is 67.1 Å². The van der Waals surface area contributed by atoms with Crippen LogP contribution in [0.1, 0.15) is 59.7 Å². The van der Waals surface area contributed by atoms with Crippen LogP contribution in [0.4, 0.5) is 5.69 Å². The number of benzene rings is 3. The summed E-state index contributed by atoms with van der Waals surface area (Å²) >= 11 is 0. The zero-order valence-electron chi connectivity index (χ0n) is 19.5. The molecule has 0 spiro atoms. The van der Waals surface area contributed by atoms with Crippen molar-refractivity contribution in [3.05, 3.63) is 94.0 Å². The van der Waals surface area contributed by atoms with E-state index in [0.29, 0.717) is 12.4 Å². The second kappa shape index (κ2) is 12.9. The topological polar surface area (TPSA) is 105 Å². The summed E-state index contributed by atoms with van der Waals surface area (Å²) in [5, 5.41) is 10.7. The number of nitrogens with zero attached hydrogens (tertiary/aromatic N) is 1. The van der Waals surface area contributed by atoms with E-state index in [9.17, 15) is 19.7 Å². The Labute approximate surface area is 203 Å². The Bertz CT molecular complexity index is 1120. The monoisotopic (exact) mass is 477 g/mol. The maximum atomic E-state index is 12.4. The van der Waals surface area contributed by atoms with Gasteiger partial charge in [-0.25, -0.2) is 9.59 Å². The summed E-state index contributed by atoms with van der Waals surface area (Å²) in [5.74, 6) is 0.112. The summed E-state index contributed by atoms with van der Waals surface area (Å²) in [7, 11) is 0. The predicted molar refractivity (Wildman–Crippen MR) is 130 cm³/mol. The molecule has 0 aromatic heterocycles. The summed E-state index contributed by atoms with van der Waals surface area (Å²) in [6.45, 7) is 2.84. The minimum absolute atomic E-state index is 0.121. The molecule has 0 bridgehead atoms. The first-order chi connectivity index (χ1) is 17.0. The van der Waals surface area contributed by atoms with E-state index in [1.165, 1.54) is 67.8 Å². The van der Waals surface area contributed by atoms with Crippen LogP contribution < -0.4 is 14.2 Å². The number of carbonyl (C=O) groups is 2. The molecule has 0 aliphatic heterocycles. The van der Waals surface area contributed by atoms with Crippen LogP contribution in [0.3, 0.4) is 0 Å². The molecular formula is C27H27NO7. The van der Waals surface area contributed by atoms with Gasteiger partial charge in [0, 0.05) is 12.1 Å². The van der Waals surface area contributed by atoms with E-state index in [0.717, 1.165) is 18.6 Å². The van der Waals surface area contributed by atoms with E-state index in [2.05, 4.69) is 6.92 Å². The standard InChI is InChI=1S/C27H27NO7/c1-2-3-4-5-6-19-33-23-15-17-25(18-16-23)35-27(30)21-9-13-24(14-10-21)34-26(29)20-7-11-22(12-8-20)28(31)32/h7-18H,2-6,19H2,1H3. The molecule has 0 saturated heterocycles. The number of unbranched alkanes of at least 4 members (excludes halogenated alkanes) is 4. The molecule has 0 saturated carbocycles. The summed E-state index contributed by atoms with van der Waals surface area (Å²) in [6.07, 6.45) is 5.84. The van der Waals surface area contributed by atoms with Crippen LogP contribution in [0.15, 0.2) is 72.8 Å². The smallest absolute Gasteiger partial charge is 0.343 e. The van der Waals surface area contributed by atoms with Gasteiger partial charge in [0.1, 0.15) is 17.2 Å². The molecule has 0 amide bonds. The molecule has 0 unspecified atom stereocenters. The molecule has 3 aromatic carbocycles. The normalized spacial score (nSPS) is 10.4. The molecule has 0 heterocycles. The van der Waals surface area contributed by atoms with Crippen molar-refractivity contribution in [3.63, 3.8) is 0 Å². The van der Waals surface area contributed by atoms with Crippen molar-refractivity contribution in [2.75, 3.05) is 6.61 Å². The Morgan fingerprint density at radius 3 is 1.66 bits per heavy atom. The van der Waals surface area contributed by atoms with Gasteiger partial charge in [0.25, 0.3) is 5.69 Å². The fraction of sp³-hybridized carbons (Fsp3) is 0.259. The van der Waals surface area contributed by atoms with E-state index in [1.54, 1.807) is 24.3 Å². The molecule has 0 atom stereocenters. The Balaban J connectivity index is 1.48. The zero-order chi connectivity index (χ0) is 25.0. The molecule has 0 aliphatic carbocycles. The number of hydrogen-bond acceptors (Lipinski definition) is 7. The highest BCUT2D eigenvalue weighted by molar-refractivity contribution is 5.92. The van der Waals surface area contributed by atoms with Crippen LogP contribution in [-0.2, 0) is 0 Å². The highest BCUT2D eigenvalue weighted by atomic mass is 16.6. The van der Waals surface area contributed by atoms with Crippen LogP contribution in [0.5, 0.6) is 17.2 Å². The number of esters is 2. The van der Waals surface area contributed by atoms with Gasteiger partial charge in [-0.15, -0.1) is 0 Å². The van der Waals surface area contributed by atoms with Crippen LogP contribution >= 0.6 is 0 Å². The van der Waals surface area contributed by atoms with Gasteiger partial charge in [0.2, 0.25) is 0 Å². The molecular weight excluding hydrogens is 450 g/mol. The molecule has 0 radical (unpaired) electrons. The fourth-order valence-corrected chi connectivity index (χ4v) is 3.21.